The third-order valence-corrected chi connectivity index (χ3v) is 7.04. The number of nitrogens with two attached hydrogens (primary N) is 1. The van der Waals surface area contributed by atoms with E-state index in [1.165, 1.54) is 0 Å². The molecule has 0 atom stereocenters. The number of nitrogens with one attached hydrogen (secondary N) is 1. The average molecular weight is 446 g/mol. The van der Waals surface area contributed by atoms with Gasteiger partial charge in [0.15, 0.2) is 0 Å². The van der Waals surface area contributed by atoms with E-state index in [2.05, 4.69) is 15.5 Å². The van der Waals surface area contributed by atoms with Gasteiger partial charge >= 0.3 is 5.76 Å². The van der Waals surface area contributed by atoms with Crippen molar-refractivity contribution in [2.45, 2.75) is 29.8 Å². The molecule has 1 aromatic carbocycles. The minimum absolute atomic E-state index is 0.0931. The number of aryl methyl sites for hydroxylation is 2. The van der Waals surface area contributed by atoms with Crippen LogP contribution in [0.1, 0.15) is 26.5 Å². The first kappa shape index (κ1) is 22.2. The Balaban J connectivity index is 1.90. The number of anilines is 1. The molecule has 0 aliphatic rings. The van der Waals surface area contributed by atoms with Crippen molar-refractivity contribution in [2.75, 3.05) is 5.73 Å². The van der Waals surface area contributed by atoms with E-state index in [-0.39, 0.29) is 16.1 Å². The van der Waals surface area contributed by atoms with E-state index in [4.69, 9.17) is 21.4 Å². The highest BCUT2D eigenvalue weighted by molar-refractivity contribution is 7.91. The van der Waals surface area contributed by atoms with E-state index < -0.39 is 31.7 Å². The van der Waals surface area contributed by atoms with Gasteiger partial charge in [-0.05, 0) is 42.4 Å². The van der Waals surface area contributed by atoms with Crippen LogP contribution in [0.25, 0.3) is 10.2 Å². The van der Waals surface area contributed by atoms with E-state index >= 15 is 0 Å². The number of halogens is 2. The van der Waals surface area contributed by atoms with Crippen molar-refractivity contribution in [1.29, 1.82) is 0 Å². The summed E-state index contributed by atoms with van der Waals surface area (Å²) in [4.78, 5) is 12.8. The topological polar surface area (TPSA) is 115 Å². The molecule has 0 fully saturated rings. The van der Waals surface area contributed by atoms with Crippen LogP contribution < -0.4 is 11.1 Å². The van der Waals surface area contributed by atoms with E-state index in [0.29, 0.717) is 15.9 Å². The van der Waals surface area contributed by atoms with Crippen molar-refractivity contribution in [2.24, 2.45) is 0 Å². The highest BCUT2D eigenvalue weighted by Crippen LogP contribution is 2.35. The first-order valence-corrected chi connectivity index (χ1v) is 10.8. The summed E-state index contributed by atoms with van der Waals surface area (Å²) >= 11 is 1.02. The van der Waals surface area contributed by atoms with Gasteiger partial charge in [-0.25, -0.2) is 8.42 Å². The maximum atomic E-state index is 12.8. The molecule has 0 saturated carbocycles. The fourth-order valence-corrected chi connectivity index (χ4v) is 4.47. The molecular formula is C17H14B2F2N4O3S2. The van der Waals surface area contributed by atoms with Crippen LogP contribution in [0.4, 0.5) is 14.5 Å². The van der Waals surface area contributed by atoms with Gasteiger partial charge in [-0.3, -0.25) is 4.79 Å². The van der Waals surface area contributed by atoms with Gasteiger partial charge in [-0.1, -0.05) is 12.1 Å². The lowest BCUT2D eigenvalue weighted by atomic mass is 9.58. The second-order valence-corrected chi connectivity index (χ2v) is 9.51. The Kier molecular flexibility index (Phi) is 5.63. The van der Waals surface area contributed by atoms with Crippen LogP contribution in [0.3, 0.4) is 0 Å². The Bertz CT molecular complexity index is 1250. The van der Waals surface area contributed by atoms with Crippen LogP contribution >= 0.6 is 11.3 Å². The van der Waals surface area contributed by atoms with Crippen molar-refractivity contribution in [3.05, 3.63) is 46.0 Å². The number of hydrogen-bond acceptors (Lipinski definition) is 7. The maximum absolute atomic E-state index is 12.8. The van der Waals surface area contributed by atoms with Crippen molar-refractivity contribution in [1.82, 2.24) is 15.5 Å². The molecule has 3 aromatic rings. The van der Waals surface area contributed by atoms with Gasteiger partial charge in [0.1, 0.15) is 9.71 Å². The summed E-state index contributed by atoms with van der Waals surface area (Å²) in [7, 11) is 7.19. The van der Waals surface area contributed by atoms with Crippen molar-refractivity contribution >= 4 is 58.7 Å². The standard InChI is InChI=1S/C17H14B2F2N4O3S2/c1-7-8(2)24-25-15-11(7)12(22)13(29-15)14(26)23-17(18,19)9-3-5-10(6-4-9)30(27,28)16(20)21/h3-6,16H,22H2,1-2H3,(H,23,26). The van der Waals surface area contributed by atoms with Gasteiger partial charge in [0, 0.05) is 5.39 Å². The molecule has 0 aliphatic carbocycles. The summed E-state index contributed by atoms with van der Waals surface area (Å²) in [5.74, 6) is -4.24. The number of nitrogen functional groups attached to an aromatic ring is 1. The Morgan fingerprint density at radius 1 is 1.20 bits per heavy atom. The summed E-state index contributed by atoms with van der Waals surface area (Å²) < 4.78 is 48.4. The predicted molar refractivity (Wildman–Crippen MR) is 112 cm³/mol. The molecule has 2 heterocycles. The number of thiophene rings is 1. The van der Waals surface area contributed by atoms with Crippen molar-refractivity contribution < 1.29 is 22.0 Å². The van der Waals surface area contributed by atoms with Gasteiger partial charge in [0.05, 0.1) is 32.0 Å². The van der Waals surface area contributed by atoms with Crippen LogP contribution in [-0.4, -0.2) is 46.0 Å². The molecule has 1 amide bonds. The molecule has 2 aromatic heterocycles. The summed E-state index contributed by atoms with van der Waals surface area (Å²) in [5.41, 5.74) is 7.88. The van der Waals surface area contributed by atoms with Gasteiger partial charge in [0.25, 0.3) is 5.91 Å². The molecule has 30 heavy (non-hydrogen) atoms. The molecular weight excluding hydrogens is 432 g/mol. The number of benzene rings is 1. The number of amides is 1. The van der Waals surface area contributed by atoms with Crippen molar-refractivity contribution in [3.63, 3.8) is 0 Å². The summed E-state index contributed by atoms with van der Waals surface area (Å²) in [6.07, 6.45) is 0. The molecule has 4 radical (unpaired) electrons. The summed E-state index contributed by atoms with van der Waals surface area (Å²) in [6, 6.07) is 4.16. The van der Waals surface area contributed by atoms with Gasteiger partial charge in [-0.15, -0.1) is 16.4 Å². The lowest BCUT2D eigenvalue weighted by Crippen LogP contribution is -2.47. The Labute approximate surface area is 177 Å². The van der Waals surface area contributed by atoms with E-state index in [9.17, 15) is 22.0 Å². The highest BCUT2D eigenvalue weighted by Gasteiger charge is 2.29. The number of carbonyl (C=O) groups is 1. The number of hydrogen-bond donors (Lipinski definition) is 2. The highest BCUT2D eigenvalue weighted by atomic mass is 32.2. The third-order valence-electron chi connectivity index (χ3n) is 4.56. The monoisotopic (exact) mass is 446 g/mol. The average Bonchev–Trinajstić information content (AvgIpc) is 3.01. The zero-order valence-corrected chi connectivity index (χ0v) is 17.4. The maximum Gasteiger partial charge on any atom is 0.341 e. The molecule has 0 aliphatic heterocycles. The van der Waals surface area contributed by atoms with E-state index in [1.54, 1.807) is 6.92 Å². The fraction of sp³-hybridized carbons (Fsp3) is 0.235. The number of alkyl halides is 2. The van der Waals surface area contributed by atoms with Gasteiger partial charge in [0.2, 0.25) is 9.84 Å². The molecule has 0 unspecified atom stereocenters. The first-order chi connectivity index (χ1) is 13.9. The lowest BCUT2D eigenvalue weighted by molar-refractivity contribution is 0.0947. The number of rotatable bonds is 5. The number of sulfone groups is 1. The lowest BCUT2D eigenvalue weighted by Gasteiger charge is -2.28. The number of aromatic nitrogens is 2. The molecule has 0 spiro atoms. The predicted octanol–water partition coefficient (Wildman–Crippen LogP) is 1.76. The Hall–Kier alpha value is -2.53. The van der Waals surface area contributed by atoms with E-state index in [0.717, 1.165) is 41.2 Å². The normalized spacial score (nSPS) is 12.4. The van der Waals surface area contributed by atoms with Gasteiger partial charge < -0.3 is 11.1 Å². The zero-order valence-electron chi connectivity index (χ0n) is 15.8. The number of fused-ring (bicyclic) bond motifs is 1. The summed E-state index contributed by atoms with van der Waals surface area (Å²) in [6.45, 7) is 3.57. The number of nitrogens with zero attached hydrogens (tertiary/aromatic N) is 2. The summed E-state index contributed by atoms with van der Waals surface area (Å²) in [5, 5.41) is 9.13. The fourth-order valence-electron chi connectivity index (χ4n) is 2.75. The number of carbonyl (C=O) groups excluding carboxylic acids is 1. The van der Waals surface area contributed by atoms with Crippen LogP contribution in [0.5, 0.6) is 0 Å². The molecule has 0 bridgehead atoms. The van der Waals surface area contributed by atoms with Crippen LogP contribution in [0, 0.1) is 13.8 Å². The zero-order chi connectivity index (χ0) is 22.4. The molecule has 0 saturated heterocycles. The van der Waals surface area contributed by atoms with E-state index in [1.807, 2.05) is 6.92 Å². The second-order valence-electron chi connectivity index (χ2n) is 6.59. The minimum atomic E-state index is -4.76. The third kappa shape index (κ3) is 3.79. The Morgan fingerprint density at radius 3 is 2.37 bits per heavy atom. The Morgan fingerprint density at radius 2 is 1.80 bits per heavy atom. The molecule has 13 heteroatoms. The molecule has 7 nitrogen and oxygen atoms in total. The smallest absolute Gasteiger partial charge is 0.341 e. The first-order valence-electron chi connectivity index (χ1n) is 8.41. The van der Waals surface area contributed by atoms with Crippen molar-refractivity contribution in [3.8, 4) is 0 Å². The quantitative estimate of drug-likeness (QED) is 0.578. The minimum Gasteiger partial charge on any atom is -0.397 e. The molecule has 3 rings (SSSR count). The molecule has 3 N–H and O–H groups in total. The second kappa shape index (κ2) is 7.62. The van der Waals surface area contributed by atoms with Crippen LogP contribution in [0.15, 0.2) is 29.2 Å². The van der Waals surface area contributed by atoms with Crippen LogP contribution in [0.2, 0.25) is 0 Å². The van der Waals surface area contributed by atoms with Gasteiger partial charge in [-0.2, -0.15) is 13.9 Å². The largest absolute Gasteiger partial charge is 0.397 e. The van der Waals surface area contributed by atoms with Crippen LogP contribution in [-0.2, 0) is 15.2 Å². The molecule has 152 valence electrons. The SMILES string of the molecule is [B]C([B])(NC(=O)c1sc2nnc(C)c(C)c2c1N)c1ccc(S(=O)(=O)C(F)F)cc1.